The second-order valence-corrected chi connectivity index (χ2v) is 6.70. The van der Waals surface area contributed by atoms with Gasteiger partial charge in [-0.3, -0.25) is 9.36 Å². The maximum Gasteiger partial charge on any atom is 0.205 e. The quantitative estimate of drug-likeness (QED) is 0.276. The molecule has 29 heavy (non-hydrogen) atoms. The van der Waals surface area contributed by atoms with Crippen LogP contribution in [0.25, 0.3) is 5.82 Å². The van der Waals surface area contributed by atoms with Crippen LogP contribution in [0.5, 0.6) is 5.75 Å². The van der Waals surface area contributed by atoms with Crippen molar-refractivity contribution in [2.24, 2.45) is 10.9 Å². The molecule has 0 saturated carbocycles. The number of methoxy groups -OCH3 is 1. The van der Waals surface area contributed by atoms with Gasteiger partial charge in [-0.1, -0.05) is 16.8 Å². The number of halogens is 1. The van der Waals surface area contributed by atoms with E-state index in [9.17, 15) is 4.79 Å². The number of benzene rings is 1. The van der Waals surface area contributed by atoms with E-state index in [0.717, 1.165) is 5.69 Å². The van der Waals surface area contributed by atoms with Crippen molar-refractivity contribution in [3.05, 3.63) is 70.9 Å². The zero-order valence-electron chi connectivity index (χ0n) is 16.2. The molecular formula is C20H20ClN5O3. The number of Topliss-reactive ketones (excluding diaryl/α,β-unsaturated/α-hetero) is 1. The van der Waals surface area contributed by atoms with E-state index in [-0.39, 0.29) is 11.6 Å². The van der Waals surface area contributed by atoms with Crippen molar-refractivity contribution in [2.45, 2.75) is 20.0 Å². The van der Waals surface area contributed by atoms with Gasteiger partial charge in [0.1, 0.15) is 6.33 Å². The maximum absolute atomic E-state index is 12.4. The molecular weight excluding hydrogens is 394 g/mol. The van der Waals surface area contributed by atoms with Gasteiger partial charge in [-0.15, -0.1) is 0 Å². The molecule has 1 unspecified atom stereocenters. The van der Waals surface area contributed by atoms with Crippen LogP contribution >= 0.6 is 11.6 Å². The Morgan fingerprint density at radius 3 is 2.59 bits per heavy atom. The molecule has 0 radical (unpaired) electrons. The highest BCUT2D eigenvalue weighted by atomic mass is 35.5. The number of carbonyl (C=O) groups excluding carboxylic acids is 1. The van der Waals surface area contributed by atoms with Gasteiger partial charge < -0.3 is 15.3 Å². The minimum absolute atomic E-state index is 0.0694. The normalized spacial score (nSPS) is 12.5. The number of aryl methyl sites for hydroxylation is 1. The Kier molecular flexibility index (Phi) is 6.13. The van der Waals surface area contributed by atoms with Crippen LogP contribution in [-0.2, 0) is 4.84 Å². The summed E-state index contributed by atoms with van der Waals surface area (Å²) in [5.41, 5.74) is 7.82. The van der Waals surface area contributed by atoms with Crippen molar-refractivity contribution < 1.29 is 14.4 Å². The number of pyridine rings is 1. The van der Waals surface area contributed by atoms with Gasteiger partial charge in [-0.05, 0) is 44.2 Å². The van der Waals surface area contributed by atoms with Crippen LogP contribution in [0.3, 0.4) is 0 Å². The molecule has 0 bridgehead atoms. The predicted octanol–water partition coefficient (Wildman–Crippen LogP) is 3.15. The molecule has 0 fully saturated rings. The van der Waals surface area contributed by atoms with Crippen molar-refractivity contribution in [2.75, 3.05) is 7.11 Å². The van der Waals surface area contributed by atoms with Crippen LogP contribution in [0.4, 0.5) is 0 Å². The zero-order valence-corrected chi connectivity index (χ0v) is 16.9. The Labute approximate surface area is 172 Å². The van der Waals surface area contributed by atoms with Crippen molar-refractivity contribution in [3.8, 4) is 11.6 Å². The lowest BCUT2D eigenvalue weighted by Gasteiger charge is -2.11. The summed E-state index contributed by atoms with van der Waals surface area (Å²) in [6, 6.07) is 8.22. The largest absolute Gasteiger partial charge is 0.493 e. The molecule has 1 aromatic carbocycles. The molecule has 0 saturated heterocycles. The topological polar surface area (TPSA) is 105 Å². The molecule has 3 aromatic rings. The van der Waals surface area contributed by atoms with Gasteiger partial charge in [0, 0.05) is 28.5 Å². The summed E-state index contributed by atoms with van der Waals surface area (Å²) in [5.74, 6) is 0.889. The molecule has 3 rings (SSSR count). The first kappa shape index (κ1) is 20.3. The average molecular weight is 414 g/mol. The lowest BCUT2D eigenvalue weighted by Crippen LogP contribution is -2.22. The second kappa shape index (κ2) is 8.74. The molecule has 150 valence electrons. The van der Waals surface area contributed by atoms with Gasteiger partial charge in [-0.2, -0.15) is 0 Å². The van der Waals surface area contributed by atoms with Crippen LogP contribution in [0.1, 0.15) is 28.5 Å². The fraction of sp³-hybridized carbons (Fsp3) is 0.200. The van der Waals surface area contributed by atoms with E-state index < -0.39 is 6.10 Å². The summed E-state index contributed by atoms with van der Waals surface area (Å²) in [5, 5.41) is 4.42. The molecule has 0 aliphatic rings. The molecule has 0 spiro atoms. The van der Waals surface area contributed by atoms with E-state index in [1.165, 1.54) is 7.11 Å². The van der Waals surface area contributed by atoms with Crippen LogP contribution in [0, 0.1) is 6.92 Å². The van der Waals surface area contributed by atoms with Crippen molar-refractivity contribution >= 4 is 23.2 Å². The van der Waals surface area contributed by atoms with Gasteiger partial charge in [0.25, 0.3) is 0 Å². The Morgan fingerprint density at radius 2 is 1.97 bits per heavy atom. The van der Waals surface area contributed by atoms with Crippen molar-refractivity contribution in [1.82, 2.24) is 14.5 Å². The number of ether oxygens (including phenoxy) is 1. The standard InChI is InChI=1S/C20H20ClN5O3/c1-12-10-26(11-24-12)20-17(28-3)8-15(9-23-20)19(22)25-29-13(2)18(27)14-4-6-16(21)7-5-14/h4-11,13H,1-3H3,(H2,22,25). The van der Waals surface area contributed by atoms with Crippen molar-refractivity contribution in [1.29, 1.82) is 0 Å². The molecule has 0 aliphatic heterocycles. The number of ketones is 1. The summed E-state index contributed by atoms with van der Waals surface area (Å²) in [4.78, 5) is 26.2. The number of carbonyl (C=O) groups is 1. The Bertz CT molecular complexity index is 1050. The van der Waals surface area contributed by atoms with E-state index >= 15 is 0 Å². The third-order valence-corrected chi connectivity index (χ3v) is 4.36. The predicted molar refractivity (Wildman–Crippen MR) is 110 cm³/mol. The van der Waals surface area contributed by atoms with E-state index in [1.807, 2.05) is 13.1 Å². The van der Waals surface area contributed by atoms with Gasteiger partial charge in [0.2, 0.25) is 5.78 Å². The lowest BCUT2D eigenvalue weighted by molar-refractivity contribution is 0.0503. The number of amidine groups is 1. The SMILES string of the molecule is COc1cc(/C(N)=N/OC(C)C(=O)c2ccc(Cl)cc2)cnc1-n1cnc(C)c1. The van der Waals surface area contributed by atoms with Gasteiger partial charge in [0.15, 0.2) is 23.5 Å². The highest BCUT2D eigenvalue weighted by Crippen LogP contribution is 2.22. The first-order valence-corrected chi connectivity index (χ1v) is 9.11. The fourth-order valence-corrected chi connectivity index (χ4v) is 2.67. The average Bonchev–Trinajstić information content (AvgIpc) is 3.17. The first-order chi connectivity index (χ1) is 13.9. The molecule has 2 heterocycles. The number of rotatable bonds is 7. The van der Waals surface area contributed by atoms with Crippen LogP contribution in [0.15, 0.2) is 54.2 Å². The Balaban J connectivity index is 1.75. The number of oxime groups is 1. The fourth-order valence-electron chi connectivity index (χ4n) is 2.54. The molecule has 0 amide bonds. The minimum Gasteiger partial charge on any atom is -0.493 e. The smallest absolute Gasteiger partial charge is 0.205 e. The Hall–Kier alpha value is -3.39. The number of aromatic nitrogens is 3. The molecule has 2 aromatic heterocycles. The monoisotopic (exact) mass is 413 g/mol. The molecule has 0 aliphatic carbocycles. The highest BCUT2D eigenvalue weighted by Gasteiger charge is 2.17. The number of hydrogen-bond donors (Lipinski definition) is 1. The number of nitrogens with zero attached hydrogens (tertiary/aromatic N) is 4. The third kappa shape index (κ3) is 4.72. The summed E-state index contributed by atoms with van der Waals surface area (Å²) >= 11 is 5.84. The molecule has 1 atom stereocenters. The van der Waals surface area contributed by atoms with Crippen molar-refractivity contribution in [3.63, 3.8) is 0 Å². The van der Waals surface area contributed by atoms with E-state index in [1.54, 1.807) is 54.3 Å². The summed E-state index contributed by atoms with van der Waals surface area (Å²) < 4.78 is 7.15. The minimum atomic E-state index is -0.822. The van der Waals surface area contributed by atoms with E-state index in [4.69, 9.17) is 26.9 Å². The molecule has 8 nitrogen and oxygen atoms in total. The zero-order chi connectivity index (χ0) is 21.0. The van der Waals surface area contributed by atoms with Crippen LogP contribution in [0.2, 0.25) is 5.02 Å². The van der Waals surface area contributed by atoms with Gasteiger partial charge in [-0.25, -0.2) is 9.97 Å². The molecule has 9 heteroatoms. The van der Waals surface area contributed by atoms with Crippen LogP contribution in [-0.4, -0.2) is 39.4 Å². The maximum atomic E-state index is 12.4. The number of nitrogens with two attached hydrogens (primary N) is 1. The number of imidazole rings is 1. The summed E-state index contributed by atoms with van der Waals surface area (Å²) in [7, 11) is 1.53. The highest BCUT2D eigenvalue weighted by molar-refractivity contribution is 6.30. The Morgan fingerprint density at radius 1 is 1.24 bits per heavy atom. The number of hydrogen-bond acceptors (Lipinski definition) is 6. The summed E-state index contributed by atoms with van der Waals surface area (Å²) in [6.07, 6.45) is 4.19. The van der Waals surface area contributed by atoms with Gasteiger partial charge in [0.05, 0.1) is 12.8 Å². The lowest BCUT2D eigenvalue weighted by atomic mass is 10.1. The first-order valence-electron chi connectivity index (χ1n) is 8.73. The van der Waals surface area contributed by atoms with E-state index in [0.29, 0.717) is 27.7 Å². The van der Waals surface area contributed by atoms with Gasteiger partial charge >= 0.3 is 0 Å². The second-order valence-electron chi connectivity index (χ2n) is 6.27. The van der Waals surface area contributed by atoms with Crippen LogP contribution < -0.4 is 10.5 Å². The summed E-state index contributed by atoms with van der Waals surface area (Å²) in [6.45, 7) is 3.48. The van der Waals surface area contributed by atoms with E-state index in [2.05, 4.69) is 15.1 Å². The molecule has 2 N–H and O–H groups in total. The third-order valence-electron chi connectivity index (χ3n) is 4.11.